The molecule has 0 aliphatic rings. The van der Waals surface area contributed by atoms with E-state index in [1.165, 1.54) is 12.1 Å². The van der Waals surface area contributed by atoms with Crippen molar-refractivity contribution < 1.29 is 4.79 Å². The average molecular weight is 271 g/mol. The summed E-state index contributed by atoms with van der Waals surface area (Å²) in [7, 11) is 0. The van der Waals surface area contributed by atoms with E-state index in [-0.39, 0.29) is 11.8 Å². The molecule has 90 valence electrons. The summed E-state index contributed by atoms with van der Waals surface area (Å²) in [4.78, 5) is 11.8. The van der Waals surface area contributed by atoms with Crippen LogP contribution in [-0.2, 0) is 0 Å². The predicted molar refractivity (Wildman–Crippen MR) is 68.2 cm³/mol. The highest BCUT2D eigenvalue weighted by Gasteiger charge is 2.16. The Hall–Kier alpha value is -1.24. The number of rotatable bonds is 3. The fraction of sp³-hybridized carbons (Fsp3) is 0.333. The van der Waals surface area contributed by atoms with Gasteiger partial charge in [-0.3, -0.25) is 4.79 Å². The molecule has 5 heteroatoms. The number of halogens is 2. The zero-order chi connectivity index (χ0) is 13.0. The van der Waals surface area contributed by atoms with Crippen molar-refractivity contribution in [2.75, 3.05) is 0 Å². The number of nitrogens with zero attached hydrogens (tertiary/aromatic N) is 1. The lowest BCUT2D eigenvalue weighted by Crippen LogP contribution is -2.37. The van der Waals surface area contributed by atoms with Gasteiger partial charge in [-0.05, 0) is 24.1 Å². The van der Waals surface area contributed by atoms with Gasteiger partial charge in [-0.1, -0.05) is 37.0 Å². The summed E-state index contributed by atoms with van der Waals surface area (Å²) in [6, 6.07) is 6.07. The minimum absolute atomic E-state index is 0.0404. The number of carbonyl (C=O) groups excluding carboxylic acids is 1. The topological polar surface area (TPSA) is 52.9 Å². The minimum Gasteiger partial charge on any atom is -0.336 e. The molecule has 0 aliphatic heterocycles. The fourth-order valence-electron chi connectivity index (χ4n) is 1.26. The van der Waals surface area contributed by atoms with Crippen LogP contribution in [0.3, 0.4) is 0 Å². The normalized spacial score (nSPS) is 12.0. The van der Waals surface area contributed by atoms with Crippen LogP contribution >= 0.6 is 23.2 Å². The number of nitriles is 1. The second-order valence-corrected chi connectivity index (χ2v) is 4.86. The molecule has 0 aromatic heterocycles. The lowest BCUT2D eigenvalue weighted by molar-refractivity contribution is 0.0937. The number of amides is 1. The maximum absolute atomic E-state index is 11.8. The third-order valence-electron chi connectivity index (χ3n) is 2.22. The Balaban J connectivity index is 2.87. The van der Waals surface area contributed by atoms with Gasteiger partial charge in [0.05, 0.1) is 6.07 Å². The van der Waals surface area contributed by atoms with Gasteiger partial charge in [-0.25, -0.2) is 0 Å². The first kappa shape index (κ1) is 13.8. The van der Waals surface area contributed by atoms with E-state index in [0.717, 1.165) is 0 Å². The maximum atomic E-state index is 11.8. The molecule has 0 spiro atoms. The third kappa shape index (κ3) is 3.92. The molecule has 0 heterocycles. The quantitative estimate of drug-likeness (QED) is 0.917. The van der Waals surface area contributed by atoms with Crippen LogP contribution in [0.5, 0.6) is 0 Å². The highest BCUT2D eigenvalue weighted by atomic mass is 35.5. The molecule has 1 rings (SSSR count). The summed E-state index contributed by atoms with van der Waals surface area (Å²) >= 11 is 11.6. The summed E-state index contributed by atoms with van der Waals surface area (Å²) in [5.74, 6) is -0.312. The third-order valence-corrected chi connectivity index (χ3v) is 2.65. The van der Waals surface area contributed by atoms with Gasteiger partial charge in [0.1, 0.15) is 6.04 Å². The number of hydrogen-bond donors (Lipinski definition) is 1. The maximum Gasteiger partial charge on any atom is 0.252 e. The number of benzene rings is 1. The lowest BCUT2D eigenvalue weighted by atomic mass is 10.1. The van der Waals surface area contributed by atoms with Crippen molar-refractivity contribution in [1.82, 2.24) is 5.32 Å². The molecule has 0 aliphatic carbocycles. The van der Waals surface area contributed by atoms with Crippen molar-refractivity contribution in [3.63, 3.8) is 0 Å². The van der Waals surface area contributed by atoms with Crippen LogP contribution in [0.4, 0.5) is 0 Å². The summed E-state index contributed by atoms with van der Waals surface area (Å²) in [6.45, 7) is 3.72. The van der Waals surface area contributed by atoms with Gasteiger partial charge >= 0.3 is 0 Å². The summed E-state index contributed by atoms with van der Waals surface area (Å²) in [5.41, 5.74) is 0.350. The second-order valence-electron chi connectivity index (χ2n) is 3.98. The Morgan fingerprint density at radius 2 is 1.82 bits per heavy atom. The van der Waals surface area contributed by atoms with Gasteiger partial charge in [0.25, 0.3) is 5.91 Å². The van der Waals surface area contributed by atoms with E-state index in [1.807, 2.05) is 19.9 Å². The Morgan fingerprint density at radius 1 is 1.29 bits per heavy atom. The highest BCUT2D eigenvalue weighted by molar-refractivity contribution is 6.35. The molecule has 1 aromatic rings. The van der Waals surface area contributed by atoms with Crippen molar-refractivity contribution in [1.29, 1.82) is 5.26 Å². The number of nitrogens with one attached hydrogen (secondary N) is 1. The van der Waals surface area contributed by atoms with Crippen LogP contribution in [-0.4, -0.2) is 11.9 Å². The van der Waals surface area contributed by atoms with Crippen LogP contribution in [0.1, 0.15) is 24.2 Å². The summed E-state index contributed by atoms with van der Waals surface area (Å²) in [5, 5.41) is 12.3. The van der Waals surface area contributed by atoms with Crippen molar-refractivity contribution >= 4 is 29.1 Å². The minimum atomic E-state index is -0.528. The Labute approximate surface area is 110 Å². The van der Waals surface area contributed by atoms with E-state index in [4.69, 9.17) is 28.5 Å². The molecule has 0 saturated carbocycles. The van der Waals surface area contributed by atoms with Crippen molar-refractivity contribution in [2.45, 2.75) is 19.9 Å². The molecular formula is C12H12Cl2N2O. The van der Waals surface area contributed by atoms with Crippen LogP contribution in [0, 0.1) is 17.2 Å². The summed E-state index contributed by atoms with van der Waals surface area (Å²) in [6.07, 6.45) is 0. The van der Waals surface area contributed by atoms with E-state index < -0.39 is 6.04 Å². The SMILES string of the molecule is CC(C)C(C#N)NC(=O)c1cc(Cl)cc(Cl)c1. The molecular weight excluding hydrogens is 259 g/mol. The number of carbonyl (C=O) groups is 1. The second kappa shape index (κ2) is 5.90. The smallest absolute Gasteiger partial charge is 0.252 e. The zero-order valence-electron chi connectivity index (χ0n) is 9.50. The molecule has 1 aromatic carbocycles. The molecule has 3 nitrogen and oxygen atoms in total. The predicted octanol–water partition coefficient (Wildman–Crippen LogP) is 3.27. The van der Waals surface area contributed by atoms with E-state index >= 15 is 0 Å². The fourth-order valence-corrected chi connectivity index (χ4v) is 1.78. The van der Waals surface area contributed by atoms with Crippen LogP contribution < -0.4 is 5.32 Å². The van der Waals surface area contributed by atoms with E-state index in [9.17, 15) is 4.79 Å². The molecule has 1 amide bonds. The molecule has 1 unspecified atom stereocenters. The first-order valence-electron chi connectivity index (χ1n) is 5.10. The molecule has 0 radical (unpaired) electrons. The van der Waals surface area contributed by atoms with Gasteiger partial charge in [-0.15, -0.1) is 0 Å². The molecule has 1 N–H and O–H groups in total. The van der Waals surface area contributed by atoms with Crippen LogP contribution in [0.2, 0.25) is 10.0 Å². The molecule has 17 heavy (non-hydrogen) atoms. The van der Waals surface area contributed by atoms with Gasteiger partial charge in [-0.2, -0.15) is 5.26 Å². The largest absolute Gasteiger partial charge is 0.336 e. The van der Waals surface area contributed by atoms with Crippen molar-refractivity contribution in [2.24, 2.45) is 5.92 Å². The summed E-state index contributed by atoms with van der Waals surface area (Å²) < 4.78 is 0. The zero-order valence-corrected chi connectivity index (χ0v) is 11.0. The van der Waals surface area contributed by atoms with Gasteiger partial charge < -0.3 is 5.32 Å². The average Bonchev–Trinajstić information content (AvgIpc) is 2.23. The number of hydrogen-bond acceptors (Lipinski definition) is 2. The lowest BCUT2D eigenvalue weighted by Gasteiger charge is -2.15. The molecule has 0 fully saturated rings. The Kier molecular flexibility index (Phi) is 4.80. The van der Waals surface area contributed by atoms with E-state index in [0.29, 0.717) is 15.6 Å². The van der Waals surface area contributed by atoms with Crippen LogP contribution in [0.15, 0.2) is 18.2 Å². The molecule has 1 atom stereocenters. The Morgan fingerprint density at radius 3 is 2.24 bits per heavy atom. The highest BCUT2D eigenvalue weighted by Crippen LogP contribution is 2.19. The van der Waals surface area contributed by atoms with E-state index in [2.05, 4.69) is 5.32 Å². The van der Waals surface area contributed by atoms with Crippen LogP contribution in [0.25, 0.3) is 0 Å². The first-order valence-corrected chi connectivity index (χ1v) is 5.86. The van der Waals surface area contributed by atoms with E-state index in [1.54, 1.807) is 6.07 Å². The van der Waals surface area contributed by atoms with Crippen molar-refractivity contribution in [3.05, 3.63) is 33.8 Å². The first-order chi connectivity index (χ1) is 7.93. The monoisotopic (exact) mass is 270 g/mol. The Bertz CT molecular complexity index is 446. The molecule has 0 saturated heterocycles. The standard InChI is InChI=1S/C12H12Cl2N2O/c1-7(2)11(6-15)16-12(17)8-3-9(13)5-10(14)4-8/h3-5,7,11H,1-2H3,(H,16,17). The van der Waals surface area contributed by atoms with Gasteiger partial charge in [0.2, 0.25) is 0 Å². The van der Waals surface area contributed by atoms with Gasteiger partial charge in [0, 0.05) is 15.6 Å². The van der Waals surface area contributed by atoms with Gasteiger partial charge in [0.15, 0.2) is 0 Å². The van der Waals surface area contributed by atoms with Crippen molar-refractivity contribution in [3.8, 4) is 6.07 Å². The molecule has 0 bridgehead atoms.